The van der Waals surface area contributed by atoms with Gasteiger partial charge in [-0.3, -0.25) is 20.2 Å². The molecular weight excluding hydrogens is 692 g/mol. The van der Waals surface area contributed by atoms with Crippen molar-refractivity contribution in [2.45, 2.75) is 91.9 Å². The van der Waals surface area contributed by atoms with Gasteiger partial charge in [-0.05, 0) is 98.5 Å². The van der Waals surface area contributed by atoms with Crippen molar-refractivity contribution >= 4 is 23.3 Å². The Bertz CT molecular complexity index is 1770. The van der Waals surface area contributed by atoms with Gasteiger partial charge in [-0.2, -0.15) is 0 Å². The molecule has 12 heteroatoms. The zero-order valence-electron chi connectivity index (χ0n) is 31.4. The van der Waals surface area contributed by atoms with E-state index in [0.717, 1.165) is 50.7 Å². The smallest absolute Gasteiger partial charge is 0.343 e. The van der Waals surface area contributed by atoms with Gasteiger partial charge < -0.3 is 18.9 Å². The van der Waals surface area contributed by atoms with Crippen molar-refractivity contribution < 1.29 is 38.4 Å². The summed E-state index contributed by atoms with van der Waals surface area (Å²) in [5.74, 6) is -0.465. The second-order valence-electron chi connectivity index (χ2n) is 13.1. The van der Waals surface area contributed by atoms with Gasteiger partial charge in [0.25, 0.3) is 11.4 Å². The first kappa shape index (κ1) is 41.0. The third kappa shape index (κ3) is 11.6. The van der Waals surface area contributed by atoms with Gasteiger partial charge in [0.2, 0.25) is 0 Å². The molecule has 0 unspecified atom stereocenters. The Morgan fingerprint density at radius 2 is 0.870 bits per heavy atom. The molecule has 0 bridgehead atoms. The van der Waals surface area contributed by atoms with E-state index in [2.05, 4.69) is 13.8 Å². The van der Waals surface area contributed by atoms with Crippen molar-refractivity contribution in [3.63, 3.8) is 0 Å². The quantitative estimate of drug-likeness (QED) is 0.0264. The highest BCUT2D eigenvalue weighted by Gasteiger charge is 2.30. The highest BCUT2D eigenvalue weighted by molar-refractivity contribution is 5.93. The summed E-state index contributed by atoms with van der Waals surface area (Å²) in [7, 11) is 0. The van der Waals surface area contributed by atoms with Crippen molar-refractivity contribution in [3.8, 4) is 34.1 Å². The molecular formula is C42H48N2O10. The van der Waals surface area contributed by atoms with Crippen LogP contribution in [0.2, 0.25) is 0 Å². The van der Waals surface area contributed by atoms with E-state index in [1.165, 1.54) is 51.7 Å². The highest BCUT2D eigenvalue weighted by Crippen LogP contribution is 2.44. The third-order valence-corrected chi connectivity index (χ3v) is 8.85. The monoisotopic (exact) mass is 740 g/mol. The number of carbonyl (C=O) groups is 2. The van der Waals surface area contributed by atoms with Crippen molar-refractivity contribution in [3.05, 3.63) is 115 Å². The van der Waals surface area contributed by atoms with E-state index < -0.39 is 33.2 Å². The summed E-state index contributed by atoms with van der Waals surface area (Å²) in [4.78, 5) is 49.3. The van der Waals surface area contributed by atoms with Crippen LogP contribution in [-0.4, -0.2) is 35.0 Å². The number of hydrogen-bond acceptors (Lipinski definition) is 10. The lowest BCUT2D eigenvalue weighted by Gasteiger charge is -2.14. The van der Waals surface area contributed by atoms with E-state index in [-0.39, 0.29) is 44.9 Å². The number of ether oxygens (including phenoxy) is 4. The predicted molar refractivity (Wildman–Crippen MR) is 206 cm³/mol. The Morgan fingerprint density at radius 1 is 0.519 bits per heavy atom. The predicted octanol–water partition coefficient (Wildman–Crippen LogP) is 10.9. The number of carbonyl (C=O) groups excluding carboxylic acids is 2. The minimum absolute atomic E-state index is 0.0287. The number of nitro benzene ring substituents is 2. The van der Waals surface area contributed by atoms with Gasteiger partial charge in [0, 0.05) is 0 Å². The first-order valence-electron chi connectivity index (χ1n) is 18.5. The number of nitro groups is 2. The molecule has 0 spiro atoms. The zero-order chi connectivity index (χ0) is 39.0. The van der Waals surface area contributed by atoms with Gasteiger partial charge in [0.15, 0.2) is 0 Å². The summed E-state index contributed by atoms with van der Waals surface area (Å²) in [5, 5.41) is 24.7. The number of esters is 2. The van der Waals surface area contributed by atoms with Gasteiger partial charge in [-0.25, -0.2) is 9.59 Å². The Hall–Kier alpha value is -5.78. The lowest BCUT2D eigenvalue weighted by Crippen LogP contribution is -2.10. The molecule has 0 radical (unpaired) electrons. The van der Waals surface area contributed by atoms with Crippen molar-refractivity contribution in [1.82, 2.24) is 0 Å². The van der Waals surface area contributed by atoms with Crippen molar-refractivity contribution in [2.24, 2.45) is 0 Å². The molecule has 4 aromatic rings. The molecule has 54 heavy (non-hydrogen) atoms. The standard InChI is InChI=1S/C42H48N2O10/c1-5-7-9-11-13-23-51-33-19-15-31(16-20-33)41(45)53-35-25-29(3)39(37(27-35)43(47)48)40-30(4)26-36(28-38(40)44(49)50)54-42(46)32-17-21-34(22-18-32)52-24-14-12-10-8-6-2/h15-22,25-28H,5-14,23-24H2,1-4H3. The molecule has 0 aliphatic carbocycles. The van der Waals surface area contributed by atoms with Crippen LogP contribution in [0, 0.1) is 34.1 Å². The topological polar surface area (TPSA) is 157 Å². The minimum Gasteiger partial charge on any atom is -0.494 e. The van der Waals surface area contributed by atoms with Crippen LogP contribution in [0.3, 0.4) is 0 Å². The van der Waals surface area contributed by atoms with Crippen LogP contribution in [0.15, 0.2) is 72.8 Å². The number of nitrogens with zero attached hydrogens (tertiary/aromatic N) is 2. The first-order chi connectivity index (χ1) is 26.0. The average molecular weight is 741 g/mol. The molecule has 0 saturated carbocycles. The van der Waals surface area contributed by atoms with Crippen LogP contribution in [0.5, 0.6) is 23.0 Å². The molecule has 0 aromatic heterocycles. The number of unbranched alkanes of at least 4 members (excludes halogenated alkanes) is 8. The summed E-state index contributed by atoms with van der Waals surface area (Å²) in [6.45, 7) is 8.52. The Balaban J connectivity index is 1.48. The number of aryl methyl sites for hydroxylation is 2. The summed E-state index contributed by atoms with van der Waals surface area (Å²) in [6, 6.07) is 17.8. The Morgan fingerprint density at radius 3 is 1.20 bits per heavy atom. The maximum absolute atomic E-state index is 13.0. The zero-order valence-corrected chi connectivity index (χ0v) is 31.4. The molecule has 0 N–H and O–H groups in total. The number of rotatable bonds is 21. The first-order valence-corrected chi connectivity index (χ1v) is 18.5. The van der Waals surface area contributed by atoms with E-state index in [9.17, 15) is 29.8 Å². The second-order valence-corrected chi connectivity index (χ2v) is 13.1. The molecule has 0 aliphatic rings. The summed E-state index contributed by atoms with van der Waals surface area (Å²) in [5.41, 5.74) is -0.118. The lowest BCUT2D eigenvalue weighted by atomic mass is 9.93. The largest absolute Gasteiger partial charge is 0.494 e. The molecule has 286 valence electrons. The Labute approximate surface area is 315 Å². The van der Waals surface area contributed by atoms with Gasteiger partial charge in [0.05, 0.1) is 57.4 Å². The molecule has 4 aromatic carbocycles. The fourth-order valence-corrected chi connectivity index (χ4v) is 6.03. The summed E-state index contributed by atoms with van der Waals surface area (Å²) >= 11 is 0. The van der Waals surface area contributed by atoms with Crippen LogP contribution in [0.4, 0.5) is 11.4 Å². The molecule has 0 fully saturated rings. The molecule has 0 amide bonds. The van der Waals surface area contributed by atoms with Crippen LogP contribution >= 0.6 is 0 Å². The summed E-state index contributed by atoms with van der Waals surface area (Å²) < 4.78 is 22.5. The van der Waals surface area contributed by atoms with Crippen LogP contribution in [0.25, 0.3) is 11.1 Å². The maximum atomic E-state index is 13.0. The molecule has 12 nitrogen and oxygen atoms in total. The fourth-order valence-electron chi connectivity index (χ4n) is 6.03. The normalized spacial score (nSPS) is 10.8. The van der Waals surface area contributed by atoms with E-state index in [4.69, 9.17) is 18.9 Å². The molecule has 0 heterocycles. The Kier molecular flexibility index (Phi) is 15.5. The van der Waals surface area contributed by atoms with Crippen LogP contribution < -0.4 is 18.9 Å². The maximum Gasteiger partial charge on any atom is 0.343 e. The van der Waals surface area contributed by atoms with E-state index in [1.54, 1.807) is 48.5 Å². The number of hydrogen-bond donors (Lipinski definition) is 0. The van der Waals surface area contributed by atoms with Crippen LogP contribution in [0.1, 0.15) is 110 Å². The molecule has 0 saturated heterocycles. The lowest BCUT2D eigenvalue weighted by molar-refractivity contribution is -0.386. The average Bonchev–Trinajstić information content (AvgIpc) is 3.14. The highest BCUT2D eigenvalue weighted by atomic mass is 16.6. The third-order valence-electron chi connectivity index (χ3n) is 8.85. The van der Waals surface area contributed by atoms with E-state index in [1.807, 2.05) is 0 Å². The van der Waals surface area contributed by atoms with E-state index >= 15 is 0 Å². The van der Waals surface area contributed by atoms with Crippen molar-refractivity contribution in [1.29, 1.82) is 0 Å². The van der Waals surface area contributed by atoms with Gasteiger partial charge >= 0.3 is 11.9 Å². The van der Waals surface area contributed by atoms with Gasteiger partial charge in [-0.15, -0.1) is 0 Å². The SMILES string of the molecule is CCCCCCCOc1ccc(C(=O)Oc2cc(C)c(-c3c(C)cc(OC(=O)c4ccc(OCCCCCCC)cc4)cc3[N+](=O)[O-])c([N+](=O)[O-])c2)cc1. The summed E-state index contributed by atoms with van der Waals surface area (Å²) in [6.07, 6.45) is 11.1. The molecule has 0 atom stereocenters. The van der Waals surface area contributed by atoms with Crippen molar-refractivity contribution in [2.75, 3.05) is 13.2 Å². The second kappa shape index (κ2) is 20.5. The van der Waals surface area contributed by atoms with E-state index in [0.29, 0.717) is 24.7 Å². The number of benzene rings is 4. The van der Waals surface area contributed by atoms with Gasteiger partial charge in [-0.1, -0.05) is 65.2 Å². The van der Waals surface area contributed by atoms with Gasteiger partial charge in [0.1, 0.15) is 23.0 Å². The fraction of sp³-hybridized carbons (Fsp3) is 0.381. The minimum atomic E-state index is -0.740. The van der Waals surface area contributed by atoms with Crippen LogP contribution in [-0.2, 0) is 0 Å². The molecule has 0 aliphatic heterocycles. The molecule has 4 rings (SSSR count).